The van der Waals surface area contributed by atoms with E-state index in [2.05, 4.69) is 6.58 Å². The smallest absolute Gasteiger partial charge is 0.110 e. The molecule has 1 atom stereocenters. The maximum atomic E-state index is 5.17. The summed E-state index contributed by atoms with van der Waals surface area (Å²) in [6.07, 6.45) is 5.27. The average Bonchev–Trinajstić information content (AvgIpc) is 1.89. The zero-order valence-corrected chi connectivity index (χ0v) is 7.56. The first-order valence-electron chi connectivity index (χ1n) is 3.29. The van der Waals surface area contributed by atoms with Crippen molar-refractivity contribution in [2.24, 2.45) is 0 Å². The third-order valence-corrected chi connectivity index (χ3v) is 2.39. The van der Waals surface area contributed by atoms with E-state index in [1.54, 1.807) is 0 Å². The molecule has 0 aromatic carbocycles. The Bertz CT molecular complexity index is 111. The van der Waals surface area contributed by atoms with Gasteiger partial charge in [-0.3, -0.25) is 0 Å². The maximum absolute atomic E-state index is 5.17. The number of rotatable bonds is 1. The van der Waals surface area contributed by atoms with Crippen molar-refractivity contribution < 1.29 is 3.07 Å². The van der Waals surface area contributed by atoms with Crippen LogP contribution in [0.3, 0.4) is 0 Å². The lowest BCUT2D eigenvalue weighted by Crippen LogP contribution is -2.14. The molecule has 1 fully saturated rings. The molecule has 2 heteroatoms. The van der Waals surface area contributed by atoms with Gasteiger partial charge < -0.3 is 3.07 Å². The number of hydrogen-bond acceptors (Lipinski definition) is 1. The summed E-state index contributed by atoms with van der Waals surface area (Å²) in [6.45, 7) is 3.94. The minimum Gasteiger partial charge on any atom is -0.308 e. The van der Waals surface area contributed by atoms with Crippen molar-refractivity contribution >= 4 is 23.0 Å². The molecule has 0 radical (unpaired) electrons. The molecule has 1 aliphatic carbocycles. The van der Waals surface area contributed by atoms with Gasteiger partial charge in [0.15, 0.2) is 0 Å². The Morgan fingerprint density at radius 3 is 2.78 bits per heavy atom. The molecule has 0 amide bonds. The third-order valence-electron chi connectivity index (χ3n) is 1.78. The average molecular weight is 238 g/mol. The number of halogens is 1. The van der Waals surface area contributed by atoms with E-state index in [1.165, 1.54) is 24.8 Å². The summed E-state index contributed by atoms with van der Waals surface area (Å²) in [6, 6.07) is 0. The lowest BCUT2D eigenvalue weighted by molar-refractivity contribution is 0.276. The second-order valence-electron chi connectivity index (χ2n) is 2.48. The van der Waals surface area contributed by atoms with Gasteiger partial charge in [0.25, 0.3) is 0 Å². The summed E-state index contributed by atoms with van der Waals surface area (Å²) in [7, 11) is 0. The Hall–Kier alpha value is 0.430. The molecule has 0 aromatic rings. The van der Waals surface area contributed by atoms with Crippen molar-refractivity contribution in [3.63, 3.8) is 0 Å². The van der Waals surface area contributed by atoms with Gasteiger partial charge in [-0.25, -0.2) is 0 Å². The number of hydrogen-bond donors (Lipinski definition) is 0. The molecule has 0 unspecified atom stereocenters. The standard InChI is InChI=1S/C7H11IO/c1-6-4-2-3-5-7(6)9-8/h7H,1-5H2/t7-/m0/s1. The highest BCUT2D eigenvalue weighted by Crippen LogP contribution is 2.25. The van der Waals surface area contributed by atoms with Crippen LogP contribution in [0.5, 0.6) is 0 Å². The van der Waals surface area contributed by atoms with E-state index in [4.69, 9.17) is 3.07 Å². The van der Waals surface area contributed by atoms with Crippen LogP contribution in [0, 0.1) is 0 Å². The molecule has 0 spiro atoms. The summed E-state index contributed by atoms with van der Waals surface area (Å²) < 4.78 is 5.17. The molecule has 1 aliphatic rings. The molecule has 0 aliphatic heterocycles. The predicted molar refractivity (Wildman–Crippen MR) is 46.5 cm³/mol. The summed E-state index contributed by atoms with van der Waals surface area (Å²) in [5.41, 5.74) is 1.27. The third kappa shape index (κ3) is 1.93. The summed E-state index contributed by atoms with van der Waals surface area (Å²) in [4.78, 5) is 0. The lowest BCUT2D eigenvalue weighted by atomic mass is 9.94. The van der Waals surface area contributed by atoms with Crippen molar-refractivity contribution in [3.8, 4) is 0 Å². The molecule has 0 bridgehead atoms. The maximum Gasteiger partial charge on any atom is 0.110 e. The molecule has 0 saturated heterocycles. The second kappa shape index (κ2) is 3.56. The van der Waals surface area contributed by atoms with Gasteiger partial charge in [0.1, 0.15) is 23.0 Å². The SMILES string of the molecule is C=C1CCCC[C@@H]1OI. The van der Waals surface area contributed by atoms with E-state index >= 15 is 0 Å². The predicted octanol–water partition coefficient (Wildman–Crippen LogP) is 2.85. The first kappa shape index (κ1) is 7.54. The van der Waals surface area contributed by atoms with Gasteiger partial charge in [-0.1, -0.05) is 13.0 Å². The lowest BCUT2D eigenvalue weighted by Gasteiger charge is -2.21. The zero-order valence-electron chi connectivity index (χ0n) is 5.40. The molecule has 0 N–H and O–H groups in total. The monoisotopic (exact) mass is 238 g/mol. The molecule has 1 saturated carbocycles. The van der Waals surface area contributed by atoms with Crippen LogP contribution >= 0.6 is 23.0 Å². The summed E-state index contributed by atoms with van der Waals surface area (Å²) in [5.74, 6) is 0. The van der Waals surface area contributed by atoms with Crippen molar-refractivity contribution in [1.29, 1.82) is 0 Å². The molecular formula is C7H11IO. The van der Waals surface area contributed by atoms with Gasteiger partial charge in [-0.15, -0.1) is 0 Å². The molecule has 0 aromatic heterocycles. The van der Waals surface area contributed by atoms with E-state index in [-0.39, 0.29) is 0 Å². The highest BCUT2D eigenvalue weighted by atomic mass is 127. The van der Waals surface area contributed by atoms with Crippen LogP contribution in [-0.4, -0.2) is 6.10 Å². The van der Waals surface area contributed by atoms with Crippen LogP contribution in [0.2, 0.25) is 0 Å². The van der Waals surface area contributed by atoms with Crippen LogP contribution in [0.1, 0.15) is 25.7 Å². The van der Waals surface area contributed by atoms with Gasteiger partial charge in [0.05, 0.1) is 6.10 Å². The Morgan fingerprint density at radius 2 is 2.33 bits per heavy atom. The minimum atomic E-state index is 0.347. The Labute approximate surface area is 70.2 Å². The molecule has 1 nitrogen and oxygen atoms in total. The highest BCUT2D eigenvalue weighted by Gasteiger charge is 2.16. The minimum absolute atomic E-state index is 0.347. The second-order valence-corrected chi connectivity index (χ2v) is 2.99. The molecular weight excluding hydrogens is 227 g/mol. The van der Waals surface area contributed by atoms with Crippen molar-refractivity contribution in [1.82, 2.24) is 0 Å². The van der Waals surface area contributed by atoms with E-state index in [0.29, 0.717) is 6.10 Å². The Kier molecular flexibility index (Phi) is 2.98. The topological polar surface area (TPSA) is 9.23 Å². The molecule has 0 heterocycles. The Balaban J connectivity index is 2.39. The van der Waals surface area contributed by atoms with E-state index in [1.807, 2.05) is 23.0 Å². The van der Waals surface area contributed by atoms with Crippen LogP contribution in [0.15, 0.2) is 12.2 Å². The normalized spacial score (nSPS) is 28.6. The zero-order chi connectivity index (χ0) is 6.69. The first-order chi connectivity index (χ1) is 4.34. The fourth-order valence-corrected chi connectivity index (χ4v) is 1.77. The summed E-state index contributed by atoms with van der Waals surface area (Å²) >= 11 is 1.96. The van der Waals surface area contributed by atoms with Gasteiger partial charge in [0.2, 0.25) is 0 Å². The summed E-state index contributed by atoms with van der Waals surface area (Å²) in [5, 5.41) is 0. The first-order valence-corrected chi connectivity index (χ1v) is 4.17. The van der Waals surface area contributed by atoms with Crippen LogP contribution in [0.4, 0.5) is 0 Å². The van der Waals surface area contributed by atoms with Crippen LogP contribution in [0.25, 0.3) is 0 Å². The van der Waals surface area contributed by atoms with Gasteiger partial charge in [-0.05, 0) is 24.8 Å². The molecule has 52 valence electrons. The molecule has 9 heavy (non-hydrogen) atoms. The van der Waals surface area contributed by atoms with E-state index in [9.17, 15) is 0 Å². The highest BCUT2D eigenvalue weighted by molar-refractivity contribution is 14.1. The quantitative estimate of drug-likeness (QED) is 0.504. The van der Waals surface area contributed by atoms with Crippen LogP contribution in [-0.2, 0) is 3.07 Å². The van der Waals surface area contributed by atoms with Crippen molar-refractivity contribution in [3.05, 3.63) is 12.2 Å². The van der Waals surface area contributed by atoms with E-state index in [0.717, 1.165) is 6.42 Å². The van der Waals surface area contributed by atoms with Gasteiger partial charge in [0, 0.05) is 0 Å². The van der Waals surface area contributed by atoms with Gasteiger partial charge in [-0.2, -0.15) is 0 Å². The van der Waals surface area contributed by atoms with Crippen LogP contribution < -0.4 is 0 Å². The molecule has 1 rings (SSSR count). The van der Waals surface area contributed by atoms with Gasteiger partial charge >= 0.3 is 0 Å². The largest absolute Gasteiger partial charge is 0.308 e. The van der Waals surface area contributed by atoms with E-state index < -0.39 is 0 Å². The Morgan fingerprint density at radius 1 is 1.56 bits per heavy atom. The fourth-order valence-electron chi connectivity index (χ4n) is 1.15. The van der Waals surface area contributed by atoms with Crippen molar-refractivity contribution in [2.75, 3.05) is 0 Å². The van der Waals surface area contributed by atoms with Crippen molar-refractivity contribution in [2.45, 2.75) is 31.8 Å². The fraction of sp³-hybridized carbons (Fsp3) is 0.714.